The van der Waals surface area contributed by atoms with Crippen molar-refractivity contribution in [2.24, 2.45) is 0 Å². The molecular weight excluding hydrogens is 349 g/mol. The molecule has 0 saturated carbocycles. The molecule has 0 unspecified atom stereocenters. The Morgan fingerprint density at radius 1 is 0.875 bits per heavy atom. The normalized spacial score (nSPS) is 15.2. The van der Waals surface area contributed by atoms with Gasteiger partial charge >= 0.3 is 0 Å². The predicted molar refractivity (Wildman–Crippen MR) is 93.7 cm³/mol. The molecule has 2 heterocycles. The van der Waals surface area contributed by atoms with E-state index in [9.17, 15) is 9.59 Å². The molecule has 2 amide bonds. The molecule has 1 saturated heterocycles. The second-order valence-corrected chi connectivity index (χ2v) is 6.48. The fraction of sp³-hybridized carbons (Fsp3) is 0.294. The maximum absolute atomic E-state index is 12.6. The number of aromatic nitrogens is 1. The van der Waals surface area contributed by atoms with Crippen molar-refractivity contribution in [1.29, 1.82) is 0 Å². The number of rotatable bonds is 2. The van der Waals surface area contributed by atoms with Crippen LogP contribution in [0, 0.1) is 0 Å². The van der Waals surface area contributed by atoms with Crippen molar-refractivity contribution in [2.75, 3.05) is 26.2 Å². The number of carbonyl (C=O) groups excluding carboxylic acids is 2. The van der Waals surface area contributed by atoms with Crippen LogP contribution in [0.2, 0.25) is 10.0 Å². The predicted octanol–water partition coefficient (Wildman–Crippen LogP) is 3.31. The van der Waals surface area contributed by atoms with Crippen LogP contribution >= 0.6 is 23.2 Å². The fourth-order valence-electron chi connectivity index (χ4n) is 2.77. The SMILES string of the molecule is O=C(c1cc[nH]c1)N1CCCN(C(=O)c2ccc(Cl)c(Cl)c2)CC1. The number of aromatic amines is 1. The van der Waals surface area contributed by atoms with Gasteiger partial charge in [-0.3, -0.25) is 9.59 Å². The number of benzene rings is 1. The maximum atomic E-state index is 12.6. The topological polar surface area (TPSA) is 56.4 Å². The highest BCUT2D eigenvalue weighted by molar-refractivity contribution is 6.42. The minimum Gasteiger partial charge on any atom is -0.367 e. The van der Waals surface area contributed by atoms with Crippen molar-refractivity contribution in [3.8, 4) is 0 Å². The molecule has 1 aliphatic rings. The van der Waals surface area contributed by atoms with Gasteiger partial charge in [-0.1, -0.05) is 23.2 Å². The van der Waals surface area contributed by atoms with E-state index in [2.05, 4.69) is 4.98 Å². The van der Waals surface area contributed by atoms with Crippen molar-refractivity contribution in [2.45, 2.75) is 6.42 Å². The smallest absolute Gasteiger partial charge is 0.255 e. The number of amides is 2. The minimum atomic E-state index is -0.0930. The van der Waals surface area contributed by atoms with E-state index >= 15 is 0 Å². The number of hydrogen-bond acceptors (Lipinski definition) is 2. The lowest BCUT2D eigenvalue weighted by atomic mass is 10.2. The summed E-state index contributed by atoms with van der Waals surface area (Å²) in [5, 5.41) is 0.786. The largest absolute Gasteiger partial charge is 0.367 e. The van der Waals surface area contributed by atoms with Crippen molar-refractivity contribution < 1.29 is 9.59 Å². The van der Waals surface area contributed by atoms with Crippen LogP contribution in [0.25, 0.3) is 0 Å². The van der Waals surface area contributed by atoms with E-state index in [1.807, 2.05) is 0 Å². The third-order valence-corrected chi connectivity index (χ3v) is 4.82. The molecular formula is C17H17Cl2N3O2. The Hall–Kier alpha value is -1.98. The second kappa shape index (κ2) is 7.28. The van der Waals surface area contributed by atoms with Gasteiger partial charge in [0.1, 0.15) is 0 Å². The van der Waals surface area contributed by atoms with E-state index in [0.29, 0.717) is 47.4 Å². The van der Waals surface area contributed by atoms with Crippen molar-refractivity contribution in [1.82, 2.24) is 14.8 Å². The Morgan fingerprint density at radius 2 is 1.54 bits per heavy atom. The molecule has 1 aromatic heterocycles. The molecule has 1 aromatic carbocycles. The lowest BCUT2D eigenvalue weighted by molar-refractivity contribution is 0.0719. The molecule has 0 atom stereocenters. The van der Waals surface area contributed by atoms with Crippen molar-refractivity contribution in [3.63, 3.8) is 0 Å². The van der Waals surface area contributed by atoms with Crippen LogP contribution < -0.4 is 0 Å². The van der Waals surface area contributed by atoms with Crippen LogP contribution in [-0.2, 0) is 0 Å². The first-order chi connectivity index (χ1) is 11.6. The van der Waals surface area contributed by atoms with E-state index in [0.717, 1.165) is 6.42 Å². The summed E-state index contributed by atoms with van der Waals surface area (Å²) in [6.45, 7) is 2.25. The zero-order chi connectivity index (χ0) is 17.1. The Balaban J connectivity index is 1.67. The van der Waals surface area contributed by atoms with Gasteiger partial charge in [-0.15, -0.1) is 0 Å². The van der Waals surface area contributed by atoms with Gasteiger partial charge in [-0.05, 0) is 30.7 Å². The highest BCUT2D eigenvalue weighted by Gasteiger charge is 2.24. The summed E-state index contributed by atoms with van der Waals surface area (Å²) in [7, 11) is 0. The average molecular weight is 366 g/mol. The summed E-state index contributed by atoms with van der Waals surface area (Å²) < 4.78 is 0. The van der Waals surface area contributed by atoms with Gasteiger partial charge in [-0.25, -0.2) is 0 Å². The van der Waals surface area contributed by atoms with Crippen LogP contribution in [0.3, 0.4) is 0 Å². The van der Waals surface area contributed by atoms with Gasteiger partial charge in [0, 0.05) is 44.1 Å². The first-order valence-electron chi connectivity index (χ1n) is 7.72. The summed E-state index contributed by atoms with van der Waals surface area (Å²) in [6.07, 6.45) is 4.15. The molecule has 1 aliphatic heterocycles. The third-order valence-electron chi connectivity index (χ3n) is 4.08. The standard InChI is InChI=1S/C17H17Cl2N3O2/c18-14-3-2-12(10-15(14)19)16(23)21-6-1-7-22(9-8-21)17(24)13-4-5-20-11-13/h2-5,10-11,20H,1,6-9H2. The quantitative estimate of drug-likeness (QED) is 0.887. The molecule has 1 N–H and O–H groups in total. The number of halogens is 2. The number of nitrogens with zero attached hydrogens (tertiary/aromatic N) is 2. The summed E-state index contributed by atoms with van der Waals surface area (Å²) in [5.74, 6) is -0.107. The second-order valence-electron chi connectivity index (χ2n) is 5.67. The molecule has 0 bridgehead atoms. The zero-order valence-corrected chi connectivity index (χ0v) is 14.5. The van der Waals surface area contributed by atoms with Gasteiger partial charge < -0.3 is 14.8 Å². The Kier molecular flexibility index (Phi) is 5.11. The van der Waals surface area contributed by atoms with Crippen LogP contribution in [0.1, 0.15) is 27.1 Å². The molecule has 0 aliphatic carbocycles. The summed E-state index contributed by atoms with van der Waals surface area (Å²) >= 11 is 11.9. The van der Waals surface area contributed by atoms with Crippen LogP contribution in [-0.4, -0.2) is 52.8 Å². The van der Waals surface area contributed by atoms with Crippen molar-refractivity contribution >= 4 is 35.0 Å². The average Bonchev–Trinajstić information content (AvgIpc) is 3.00. The molecule has 1 fully saturated rings. The summed E-state index contributed by atoms with van der Waals surface area (Å²) in [6, 6.07) is 6.63. The van der Waals surface area contributed by atoms with E-state index in [4.69, 9.17) is 23.2 Å². The van der Waals surface area contributed by atoms with E-state index in [-0.39, 0.29) is 11.8 Å². The van der Waals surface area contributed by atoms with Gasteiger partial charge in [0.25, 0.3) is 11.8 Å². The van der Waals surface area contributed by atoms with Crippen LogP contribution in [0.4, 0.5) is 0 Å². The van der Waals surface area contributed by atoms with E-state index < -0.39 is 0 Å². The zero-order valence-electron chi connectivity index (χ0n) is 13.0. The van der Waals surface area contributed by atoms with Gasteiger partial charge in [0.15, 0.2) is 0 Å². The third kappa shape index (κ3) is 3.57. The Bertz CT molecular complexity index is 746. The first-order valence-corrected chi connectivity index (χ1v) is 8.48. The first kappa shape index (κ1) is 16.9. The van der Waals surface area contributed by atoms with Crippen molar-refractivity contribution in [3.05, 3.63) is 57.8 Å². The van der Waals surface area contributed by atoms with E-state index in [1.165, 1.54) is 0 Å². The molecule has 24 heavy (non-hydrogen) atoms. The number of H-pyrrole nitrogens is 1. The highest BCUT2D eigenvalue weighted by Crippen LogP contribution is 2.23. The number of carbonyl (C=O) groups is 2. The van der Waals surface area contributed by atoms with Gasteiger partial charge in [0.05, 0.1) is 15.6 Å². The lowest BCUT2D eigenvalue weighted by Gasteiger charge is -2.22. The van der Waals surface area contributed by atoms with Crippen LogP contribution in [0.5, 0.6) is 0 Å². The van der Waals surface area contributed by atoms with Gasteiger partial charge in [-0.2, -0.15) is 0 Å². The molecule has 0 spiro atoms. The summed E-state index contributed by atoms with van der Waals surface area (Å²) in [5.41, 5.74) is 1.15. The molecule has 2 aromatic rings. The maximum Gasteiger partial charge on any atom is 0.255 e. The molecule has 7 heteroatoms. The fourth-order valence-corrected chi connectivity index (χ4v) is 3.07. The summed E-state index contributed by atoms with van der Waals surface area (Å²) in [4.78, 5) is 31.5. The molecule has 0 radical (unpaired) electrons. The Labute approximate surface area is 150 Å². The number of hydrogen-bond donors (Lipinski definition) is 1. The number of nitrogens with one attached hydrogen (secondary N) is 1. The minimum absolute atomic E-state index is 0.0138. The Morgan fingerprint density at radius 3 is 2.12 bits per heavy atom. The van der Waals surface area contributed by atoms with Crippen LogP contribution in [0.15, 0.2) is 36.7 Å². The lowest BCUT2D eigenvalue weighted by Crippen LogP contribution is -2.37. The molecule has 126 valence electrons. The molecule has 3 rings (SSSR count). The van der Waals surface area contributed by atoms with Gasteiger partial charge in [0.2, 0.25) is 0 Å². The highest BCUT2D eigenvalue weighted by atomic mass is 35.5. The monoisotopic (exact) mass is 365 g/mol. The van der Waals surface area contributed by atoms with E-state index in [1.54, 1.807) is 46.5 Å². The molecule has 5 nitrogen and oxygen atoms in total.